The number of benzene rings is 1. The lowest BCUT2D eigenvalue weighted by atomic mass is 9.91. The number of carbonyl (C=O) groups excluding carboxylic acids is 1. The Bertz CT molecular complexity index is 522. The van der Waals surface area contributed by atoms with E-state index in [1.165, 1.54) is 11.1 Å². The van der Waals surface area contributed by atoms with Crippen molar-refractivity contribution in [3.05, 3.63) is 47.5 Å². The first-order valence-electron chi connectivity index (χ1n) is 6.75. The third-order valence-corrected chi connectivity index (χ3v) is 3.79. The Morgan fingerprint density at radius 3 is 2.47 bits per heavy atom. The summed E-state index contributed by atoms with van der Waals surface area (Å²) in [7, 11) is 1.79. The molecule has 1 aromatic carbocycles. The van der Waals surface area contributed by atoms with Gasteiger partial charge in [0.2, 0.25) is 0 Å². The summed E-state index contributed by atoms with van der Waals surface area (Å²) in [5, 5.41) is 0. The van der Waals surface area contributed by atoms with Gasteiger partial charge in [0, 0.05) is 18.7 Å². The van der Waals surface area contributed by atoms with Crippen LogP contribution in [0.15, 0.2) is 35.8 Å². The number of ketones is 1. The molecular formula is C17H21NO. The number of nitrogens with zero attached hydrogens (tertiary/aromatic N) is 1. The minimum absolute atomic E-state index is 0.0574. The molecule has 0 heterocycles. The Morgan fingerprint density at radius 1 is 1.32 bits per heavy atom. The van der Waals surface area contributed by atoms with Gasteiger partial charge < -0.3 is 0 Å². The number of carbonyl (C=O) groups is 1. The van der Waals surface area contributed by atoms with Gasteiger partial charge in [-0.2, -0.15) is 0 Å². The lowest BCUT2D eigenvalue weighted by molar-refractivity contribution is -0.121. The molecule has 2 atom stereocenters. The number of aliphatic imine (C=N–C) groups is 1. The summed E-state index contributed by atoms with van der Waals surface area (Å²) in [6, 6.07) is 6.35. The molecule has 0 radical (unpaired) electrons. The van der Waals surface area contributed by atoms with Crippen LogP contribution in [-0.4, -0.2) is 18.5 Å². The molecule has 2 nitrogen and oxygen atoms in total. The quantitative estimate of drug-likeness (QED) is 0.758. The summed E-state index contributed by atoms with van der Waals surface area (Å²) < 4.78 is 0. The van der Waals surface area contributed by atoms with Gasteiger partial charge in [0.05, 0.1) is 5.92 Å². The second-order valence-electron chi connectivity index (χ2n) is 5.40. The van der Waals surface area contributed by atoms with Crippen molar-refractivity contribution in [2.75, 3.05) is 7.05 Å². The molecule has 1 saturated carbocycles. The van der Waals surface area contributed by atoms with Crippen LogP contribution in [0.25, 0.3) is 0 Å². The van der Waals surface area contributed by atoms with Gasteiger partial charge in [-0.25, -0.2) is 0 Å². The minimum atomic E-state index is -0.145. The van der Waals surface area contributed by atoms with Crippen molar-refractivity contribution in [1.82, 2.24) is 0 Å². The molecule has 0 amide bonds. The van der Waals surface area contributed by atoms with Crippen molar-refractivity contribution in [2.45, 2.75) is 32.6 Å². The zero-order valence-corrected chi connectivity index (χ0v) is 11.9. The Labute approximate surface area is 115 Å². The van der Waals surface area contributed by atoms with Crippen LogP contribution in [-0.2, 0) is 4.79 Å². The highest BCUT2D eigenvalue weighted by molar-refractivity contribution is 6.16. The number of allylic oxidation sites excluding steroid dienone is 1. The Morgan fingerprint density at radius 2 is 1.95 bits per heavy atom. The third kappa shape index (κ3) is 2.67. The fourth-order valence-corrected chi connectivity index (χ4v) is 3.03. The van der Waals surface area contributed by atoms with Gasteiger partial charge in [-0.3, -0.25) is 9.79 Å². The highest BCUT2D eigenvalue weighted by Gasteiger charge is 2.39. The van der Waals surface area contributed by atoms with Crippen molar-refractivity contribution in [3.63, 3.8) is 0 Å². The van der Waals surface area contributed by atoms with Gasteiger partial charge in [0.15, 0.2) is 0 Å². The molecule has 2 unspecified atom stereocenters. The first-order valence-corrected chi connectivity index (χ1v) is 6.75. The Kier molecular flexibility index (Phi) is 3.98. The molecule has 0 bridgehead atoms. The molecule has 1 aliphatic carbocycles. The SMILES string of the molecule is C=CCC1CC(=NC)C(c2cc(C)cc(C)c2)C1=O. The topological polar surface area (TPSA) is 29.4 Å². The summed E-state index contributed by atoms with van der Waals surface area (Å²) in [5.41, 5.74) is 4.51. The lowest BCUT2D eigenvalue weighted by Crippen LogP contribution is -2.15. The maximum atomic E-state index is 12.6. The van der Waals surface area contributed by atoms with Crippen molar-refractivity contribution in [2.24, 2.45) is 10.9 Å². The van der Waals surface area contributed by atoms with Crippen LogP contribution in [0.5, 0.6) is 0 Å². The first kappa shape index (κ1) is 13.7. The van der Waals surface area contributed by atoms with E-state index in [0.29, 0.717) is 5.78 Å². The van der Waals surface area contributed by atoms with Crippen molar-refractivity contribution in [1.29, 1.82) is 0 Å². The van der Waals surface area contributed by atoms with E-state index in [9.17, 15) is 4.79 Å². The second kappa shape index (κ2) is 5.52. The number of aryl methyl sites for hydroxylation is 2. The van der Waals surface area contributed by atoms with Crippen LogP contribution >= 0.6 is 0 Å². The fourth-order valence-electron chi connectivity index (χ4n) is 3.03. The summed E-state index contributed by atoms with van der Waals surface area (Å²) in [6.45, 7) is 7.88. The van der Waals surface area contributed by atoms with Gasteiger partial charge >= 0.3 is 0 Å². The number of hydrogen-bond donors (Lipinski definition) is 0. The van der Waals surface area contributed by atoms with E-state index < -0.39 is 0 Å². The van der Waals surface area contributed by atoms with Crippen LogP contribution in [0.4, 0.5) is 0 Å². The summed E-state index contributed by atoms with van der Waals surface area (Å²) in [4.78, 5) is 16.9. The molecule has 100 valence electrons. The maximum Gasteiger partial charge on any atom is 0.149 e. The molecule has 2 heteroatoms. The number of rotatable bonds is 3. The molecule has 0 spiro atoms. The predicted octanol–water partition coefficient (Wildman–Crippen LogP) is 3.62. The third-order valence-electron chi connectivity index (χ3n) is 3.79. The molecule has 0 N–H and O–H groups in total. The van der Waals surface area contributed by atoms with E-state index in [0.717, 1.165) is 24.1 Å². The molecule has 1 aromatic rings. The van der Waals surface area contributed by atoms with Gasteiger partial charge in [-0.1, -0.05) is 35.4 Å². The molecular weight excluding hydrogens is 234 g/mol. The van der Waals surface area contributed by atoms with Crippen molar-refractivity contribution in [3.8, 4) is 0 Å². The first-order chi connectivity index (χ1) is 9.06. The average molecular weight is 255 g/mol. The summed E-state index contributed by atoms with van der Waals surface area (Å²) in [6.07, 6.45) is 3.36. The van der Waals surface area contributed by atoms with Crippen LogP contribution in [0.2, 0.25) is 0 Å². The largest absolute Gasteiger partial charge is 0.298 e. The van der Waals surface area contributed by atoms with Gasteiger partial charge in [0.1, 0.15) is 5.78 Å². The number of Topliss-reactive ketones (excluding diaryl/α,β-unsaturated/α-hetero) is 1. The average Bonchev–Trinajstić information content (AvgIpc) is 2.65. The van der Waals surface area contributed by atoms with E-state index in [-0.39, 0.29) is 11.8 Å². The number of hydrogen-bond acceptors (Lipinski definition) is 2. The standard InChI is InChI=1S/C17H21NO/c1-5-6-13-10-15(18-4)16(17(13)19)14-8-11(2)7-12(3)9-14/h5,7-9,13,16H,1,6,10H2,2-4H3. The monoisotopic (exact) mass is 255 g/mol. The molecule has 0 aromatic heterocycles. The van der Waals surface area contributed by atoms with Crippen molar-refractivity contribution >= 4 is 11.5 Å². The molecule has 0 aliphatic heterocycles. The zero-order chi connectivity index (χ0) is 14.0. The molecule has 1 aliphatic rings. The van der Waals surface area contributed by atoms with Crippen LogP contribution < -0.4 is 0 Å². The summed E-state index contributed by atoms with van der Waals surface area (Å²) >= 11 is 0. The van der Waals surface area contributed by atoms with Gasteiger partial charge in [-0.15, -0.1) is 6.58 Å². The molecule has 2 rings (SSSR count). The zero-order valence-electron chi connectivity index (χ0n) is 11.9. The smallest absolute Gasteiger partial charge is 0.149 e. The van der Waals surface area contributed by atoms with E-state index in [1.54, 1.807) is 7.05 Å². The normalized spacial score (nSPS) is 25.0. The Balaban J connectivity index is 2.41. The summed E-state index contributed by atoms with van der Waals surface area (Å²) in [5.74, 6) is 0.209. The highest BCUT2D eigenvalue weighted by Crippen LogP contribution is 2.35. The lowest BCUT2D eigenvalue weighted by Gasteiger charge is -2.12. The molecule has 0 saturated heterocycles. The predicted molar refractivity (Wildman–Crippen MR) is 79.9 cm³/mol. The van der Waals surface area contributed by atoms with Crippen molar-refractivity contribution < 1.29 is 4.79 Å². The van der Waals surface area contributed by atoms with Crippen LogP contribution in [0.3, 0.4) is 0 Å². The molecule has 1 fully saturated rings. The van der Waals surface area contributed by atoms with Crippen LogP contribution in [0, 0.1) is 19.8 Å². The fraction of sp³-hybridized carbons (Fsp3) is 0.412. The highest BCUT2D eigenvalue weighted by atomic mass is 16.1. The van der Waals surface area contributed by atoms with Gasteiger partial charge in [-0.05, 0) is 32.3 Å². The maximum absolute atomic E-state index is 12.6. The second-order valence-corrected chi connectivity index (χ2v) is 5.40. The van der Waals surface area contributed by atoms with Gasteiger partial charge in [0.25, 0.3) is 0 Å². The Hall–Kier alpha value is -1.70. The van der Waals surface area contributed by atoms with Crippen LogP contribution in [0.1, 0.15) is 35.4 Å². The van der Waals surface area contributed by atoms with E-state index in [4.69, 9.17) is 0 Å². The molecule has 19 heavy (non-hydrogen) atoms. The van der Waals surface area contributed by atoms with E-state index in [1.807, 2.05) is 6.08 Å². The van der Waals surface area contributed by atoms with E-state index in [2.05, 4.69) is 43.6 Å². The van der Waals surface area contributed by atoms with E-state index >= 15 is 0 Å². The minimum Gasteiger partial charge on any atom is -0.298 e.